The van der Waals surface area contributed by atoms with E-state index < -0.39 is 9.84 Å². The molecule has 0 amide bonds. The molecule has 0 aliphatic heterocycles. The highest BCUT2D eigenvalue weighted by Gasteiger charge is 2.20. The van der Waals surface area contributed by atoms with Crippen LogP contribution in [0.4, 0.5) is 0 Å². The van der Waals surface area contributed by atoms with Crippen molar-refractivity contribution >= 4 is 9.84 Å². The second-order valence-corrected chi connectivity index (χ2v) is 7.43. The lowest BCUT2D eigenvalue weighted by Gasteiger charge is -2.08. The van der Waals surface area contributed by atoms with E-state index in [0.717, 1.165) is 12.5 Å². The molecule has 1 N–H and O–H groups in total. The van der Waals surface area contributed by atoms with Gasteiger partial charge >= 0.3 is 0 Å². The first-order valence-electron chi connectivity index (χ1n) is 5.94. The van der Waals surface area contributed by atoms with Gasteiger partial charge in [-0.15, -0.1) is 0 Å². The Morgan fingerprint density at radius 3 is 2.47 bits per heavy atom. The molecule has 90 valence electrons. The molecule has 1 aliphatic carbocycles. The number of rotatable bonds is 8. The molecule has 0 aromatic heterocycles. The van der Waals surface area contributed by atoms with Crippen LogP contribution in [-0.4, -0.2) is 32.5 Å². The third kappa shape index (κ3) is 5.52. The fraction of sp³-hybridized carbons (Fsp3) is 1.00. The Morgan fingerprint density at radius 1 is 1.27 bits per heavy atom. The first-order valence-corrected chi connectivity index (χ1v) is 7.66. The average Bonchev–Trinajstić information content (AvgIpc) is 2.94. The Kier molecular flexibility index (Phi) is 5.06. The molecular weight excluding hydrogens is 210 g/mol. The van der Waals surface area contributed by atoms with Crippen LogP contribution in [0.5, 0.6) is 0 Å². The zero-order valence-corrected chi connectivity index (χ0v) is 10.6. The second-order valence-electron chi connectivity index (χ2n) is 4.75. The molecule has 1 saturated carbocycles. The Labute approximate surface area is 93.6 Å². The summed E-state index contributed by atoms with van der Waals surface area (Å²) in [6, 6.07) is 0. The monoisotopic (exact) mass is 233 g/mol. The van der Waals surface area contributed by atoms with Crippen LogP contribution in [0.25, 0.3) is 0 Å². The fourth-order valence-electron chi connectivity index (χ4n) is 1.50. The molecule has 15 heavy (non-hydrogen) atoms. The lowest BCUT2D eigenvalue weighted by Crippen LogP contribution is -2.27. The molecule has 0 unspecified atom stereocenters. The smallest absolute Gasteiger partial charge is 0.153 e. The minimum absolute atomic E-state index is 0.245. The van der Waals surface area contributed by atoms with E-state index in [0.29, 0.717) is 6.54 Å². The van der Waals surface area contributed by atoms with Gasteiger partial charge in [0.05, 0.1) is 11.0 Å². The van der Waals surface area contributed by atoms with Gasteiger partial charge in [-0.3, -0.25) is 0 Å². The summed E-state index contributed by atoms with van der Waals surface area (Å²) < 4.78 is 22.9. The normalized spacial score (nSPS) is 17.3. The molecule has 1 aliphatic rings. The van der Waals surface area contributed by atoms with Crippen molar-refractivity contribution in [3.8, 4) is 0 Å². The highest BCUT2D eigenvalue weighted by molar-refractivity contribution is 7.92. The van der Waals surface area contributed by atoms with E-state index in [-0.39, 0.29) is 11.0 Å². The summed E-state index contributed by atoms with van der Waals surface area (Å²) in [5.74, 6) is 1.25. The van der Waals surface area contributed by atoms with Crippen molar-refractivity contribution in [2.45, 2.75) is 44.8 Å². The van der Waals surface area contributed by atoms with E-state index in [1.54, 1.807) is 13.8 Å². The lowest BCUT2D eigenvalue weighted by atomic mass is 10.2. The number of hydrogen-bond donors (Lipinski definition) is 1. The molecule has 0 saturated heterocycles. The van der Waals surface area contributed by atoms with Crippen molar-refractivity contribution in [2.24, 2.45) is 5.92 Å². The largest absolute Gasteiger partial charge is 0.316 e. The molecule has 0 atom stereocenters. The molecule has 1 rings (SSSR count). The van der Waals surface area contributed by atoms with Crippen LogP contribution in [0.1, 0.15) is 39.5 Å². The van der Waals surface area contributed by atoms with Gasteiger partial charge in [0.15, 0.2) is 9.84 Å². The fourth-order valence-corrected chi connectivity index (χ4v) is 2.40. The molecule has 4 heteroatoms. The lowest BCUT2D eigenvalue weighted by molar-refractivity contribution is 0.575. The van der Waals surface area contributed by atoms with Crippen LogP contribution in [0, 0.1) is 5.92 Å². The zero-order chi connectivity index (χ0) is 11.3. The van der Waals surface area contributed by atoms with E-state index in [9.17, 15) is 8.42 Å². The predicted octanol–water partition coefficient (Wildman–Crippen LogP) is 1.59. The molecule has 0 aromatic rings. The van der Waals surface area contributed by atoms with Crippen LogP contribution in [0.15, 0.2) is 0 Å². The van der Waals surface area contributed by atoms with Gasteiger partial charge in [0.2, 0.25) is 0 Å². The van der Waals surface area contributed by atoms with E-state index in [1.165, 1.54) is 25.7 Å². The maximum absolute atomic E-state index is 11.4. The average molecular weight is 233 g/mol. The quantitative estimate of drug-likeness (QED) is 0.648. The van der Waals surface area contributed by atoms with Crippen molar-refractivity contribution in [1.29, 1.82) is 0 Å². The van der Waals surface area contributed by atoms with Gasteiger partial charge in [0.25, 0.3) is 0 Å². The first kappa shape index (κ1) is 13.0. The van der Waals surface area contributed by atoms with Crippen LogP contribution >= 0.6 is 0 Å². The van der Waals surface area contributed by atoms with Gasteiger partial charge in [-0.2, -0.15) is 0 Å². The van der Waals surface area contributed by atoms with E-state index >= 15 is 0 Å². The van der Waals surface area contributed by atoms with Crippen molar-refractivity contribution in [3.63, 3.8) is 0 Å². The summed E-state index contributed by atoms with van der Waals surface area (Å²) in [4.78, 5) is 0. The van der Waals surface area contributed by atoms with Crippen LogP contribution < -0.4 is 5.32 Å². The van der Waals surface area contributed by atoms with Gasteiger partial charge in [-0.05, 0) is 39.2 Å². The number of hydrogen-bond acceptors (Lipinski definition) is 3. The van der Waals surface area contributed by atoms with Crippen molar-refractivity contribution in [2.75, 3.05) is 18.8 Å². The number of nitrogens with one attached hydrogen (secondary N) is 1. The van der Waals surface area contributed by atoms with Crippen LogP contribution in [0.2, 0.25) is 0 Å². The molecule has 0 bridgehead atoms. The Hall–Kier alpha value is -0.0900. The highest BCUT2D eigenvalue weighted by Crippen LogP contribution is 2.33. The standard InChI is InChI=1S/C11H23NO2S/c1-10(2)15(13,14)9-8-12-7-3-4-11-5-6-11/h10-12H,3-9H2,1-2H3. The molecule has 1 fully saturated rings. The minimum atomic E-state index is -2.85. The molecule has 0 radical (unpaired) electrons. The van der Waals surface area contributed by atoms with Crippen LogP contribution in [-0.2, 0) is 9.84 Å². The van der Waals surface area contributed by atoms with Gasteiger partial charge in [-0.25, -0.2) is 8.42 Å². The SMILES string of the molecule is CC(C)S(=O)(=O)CCNCCCC1CC1. The summed E-state index contributed by atoms with van der Waals surface area (Å²) in [6.07, 6.45) is 5.31. The molecule has 3 nitrogen and oxygen atoms in total. The third-order valence-corrected chi connectivity index (χ3v) is 5.15. The zero-order valence-electron chi connectivity index (χ0n) is 9.83. The maximum atomic E-state index is 11.4. The van der Waals surface area contributed by atoms with Crippen molar-refractivity contribution in [3.05, 3.63) is 0 Å². The van der Waals surface area contributed by atoms with Gasteiger partial charge in [-0.1, -0.05) is 12.8 Å². The first-order chi connectivity index (χ1) is 7.02. The topological polar surface area (TPSA) is 46.2 Å². The minimum Gasteiger partial charge on any atom is -0.316 e. The van der Waals surface area contributed by atoms with E-state index in [1.807, 2.05) is 0 Å². The summed E-state index contributed by atoms with van der Waals surface area (Å²) in [5.41, 5.74) is 0. The molecular formula is C11H23NO2S. The van der Waals surface area contributed by atoms with Gasteiger partial charge < -0.3 is 5.32 Å². The van der Waals surface area contributed by atoms with Gasteiger partial charge in [0, 0.05) is 6.54 Å². The summed E-state index contributed by atoms with van der Waals surface area (Å²) in [7, 11) is -2.85. The van der Waals surface area contributed by atoms with Crippen molar-refractivity contribution in [1.82, 2.24) is 5.32 Å². The number of sulfone groups is 1. The van der Waals surface area contributed by atoms with E-state index in [2.05, 4.69) is 5.32 Å². The Bertz CT molecular complexity index is 268. The summed E-state index contributed by atoms with van der Waals surface area (Å²) in [6.45, 7) is 5.04. The predicted molar refractivity (Wildman–Crippen MR) is 63.8 cm³/mol. The van der Waals surface area contributed by atoms with Gasteiger partial charge in [0.1, 0.15) is 0 Å². The molecule has 0 heterocycles. The second kappa shape index (κ2) is 5.85. The molecule has 0 spiro atoms. The maximum Gasteiger partial charge on any atom is 0.153 e. The van der Waals surface area contributed by atoms with Crippen molar-refractivity contribution < 1.29 is 8.42 Å². The summed E-state index contributed by atoms with van der Waals surface area (Å²) in [5, 5.41) is 2.96. The molecule has 0 aromatic carbocycles. The highest BCUT2D eigenvalue weighted by atomic mass is 32.2. The van der Waals surface area contributed by atoms with E-state index in [4.69, 9.17) is 0 Å². The Morgan fingerprint density at radius 2 is 1.93 bits per heavy atom. The van der Waals surface area contributed by atoms with Crippen LogP contribution in [0.3, 0.4) is 0 Å². The summed E-state index contributed by atoms with van der Waals surface area (Å²) >= 11 is 0. The third-order valence-electron chi connectivity index (χ3n) is 2.94. The Balaban J connectivity index is 1.95.